The number of thioether (sulfide) groups is 1. The molecule has 9 heteroatoms. The van der Waals surface area contributed by atoms with Gasteiger partial charge < -0.3 is 14.8 Å². The number of rotatable bonds is 9. The summed E-state index contributed by atoms with van der Waals surface area (Å²) in [5.74, 6) is 2.88. The quantitative estimate of drug-likeness (QED) is 0.388. The lowest BCUT2D eigenvalue weighted by atomic mass is 9.97. The summed E-state index contributed by atoms with van der Waals surface area (Å²) < 4.78 is 10.3. The molecule has 1 aliphatic rings. The first-order chi connectivity index (χ1) is 15.6. The molecule has 6 nitrogen and oxygen atoms in total. The third-order valence-corrected chi connectivity index (χ3v) is 7.68. The molecule has 32 heavy (non-hydrogen) atoms. The number of nitrogens with zero attached hydrogens (tertiary/aromatic N) is 2. The minimum Gasteiger partial charge on any atom is -0.495 e. The second-order valence-electron chi connectivity index (χ2n) is 7.50. The Morgan fingerprint density at radius 1 is 1.28 bits per heavy atom. The normalized spacial score (nSPS) is 13.1. The molecule has 2 aromatic heterocycles. The Bertz CT molecular complexity index is 1120. The smallest absolute Gasteiger partial charge is 0.315 e. The van der Waals surface area contributed by atoms with E-state index >= 15 is 0 Å². The third kappa shape index (κ3) is 5.30. The van der Waals surface area contributed by atoms with Gasteiger partial charge in [-0.2, -0.15) is 0 Å². The number of hydrogen-bond acceptors (Lipinski definition) is 8. The predicted molar refractivity (Wildman–Crippen MR) is 132 cm³/mol. The zero-order valence-corrected chi connectivity index (χ0v) is 20.6. The van der Waals surface area contributed by atoms with Crippen LogP contribution in [0.2, 0.25) is 5.02 Å². The van der Waals surface area contributed by atoms with Crippen molar-refractivity contribution in [1.29, 1.82) is 0 Å². The molecule has 0 amide bonds. The van der Waals surface area contributed by atoms with Gasteiger partial charge in [-0.1, -0.05) is 17.7 Å². The van der Waals surface area contributed by atoms with Crippen LogP contribution in [0.1, 0.15) is 41.6 Å². The lowest BCUT2D eigenvalue weighted by molar-refractivity contribution is -0.139. The van der Waals surface area contributed by atoms with Gasteiger partial charge in [0.15, 0.2) is 0 Å². The molecule has 2 heterocycles. The molecule has 0 unspecified atom stereocenters. The Hall–Kier alpha value is -2.03. The summed E-state index contributed by atoms with van der Waals surface area (Å²) in [6, 6.07) is 5.78. The fraction of sp³-hybridized carbons (Fsp3) is 0.435. The molecule has 0 bridgehead atoms. The molecule has 3 aromatic rings. The maximum Gasteiger partial charge on any atom is 0.315 e. The van der Waals surface area contributed by atoms with Crippen LogP contribution < -0.4 is 10.1 Å². The van der Waals surface area contributed by atoms with Gasteiger partial charge in [0.2, 0.25) is 0 Å². The van der Waals surface area contributed by atoms with Gasteiger partial charge in [-0.15, -0.1) is 23.1 Å². The van der Waals surface area contributed by atoms with Gasteiger partial charge in [0.1, 0.15) is 22.2 Å². The number of fused-ring (bicyclic) bond motifs is 3. The van der Waals surface area contributed by atoms with Crippen molar-refractivity contribution in [3.63, 3.8) is 0 Å². The molecule has 4 rings (SSSR count). The number of halogens is 1. The summed E-state index contributed by atoms with van der Waals surface area (Å²) in [7, 11) is 1.61. The van der Waals surface area contributed by atoms with Crippen molar-refractivity contribution in [2.45, 2.75) is 44.9 Å². The average Bonchev–Trinajstić information content (AvgIpc) is 3.16. The van der Waals surface area contributed by atoms with Crippen molar-refractivity contribution in [2.24, 2.45) is 0 Å². The fourth-order valence-corrected chi connectivity index (χ4v) is 6.05. The standard InChI is InChI=1S/C23H26ClN3O3S2/c1-3-30-20(28)13-31-12-19-26-22(25-11-14-8-9-17(29-2)16(24)10-14)21-15-6-4-5-7-18(15)32-23(21)27-19/h8-10H,3-7,11-13H2,1-2H3,(H,25,26,27). The number of aromatic nitrogens is 2. The molecule has 1 N–H and O–H groups in total. The average molecular weight is 492 g/mol. The zero-order valence-electron chi connectivity index (χ0n) is 18.2. The number of benzene rings is 1. The minimum absolute atomic E-state index is 0.208. The highest BCUT2D eigenvalue weighted by Gasteiger charge is 2.21. The Kier molecular flexibility index (Phi) is 7.75. The number of ether oxygens (including phenoxy) is 2. The summed E-state index contributed by atoms with van der Waals surface area (Å²) in [5.41, 5.74) is 2.43. The molecule has 0 saturated carbocycles. The highest BCUT2D eigenvalue weighted by atomic mass is 35.5. The molecule has 0 aliphatic heterocycles. The van der Waals surface area contributed by atoms with Gasteiger partial charge in [-0.25, -0.2) is 9.97 Å². The number of nitrogens with one attached hydrogen (secondary N) is 1. The van der Waals surface area contributed by atoms with Gasteiger partial charge in [-0.05, 0) is 55.9 Å². The summed E-state index contributed by atoms with van der Waals surface area (Å²) in [6.07, 6.45) is 4.60. The number of anilines is 1. The van der Waals surface area contributed by atoms with E-state index in [9.17, 15) is 4.79 Å². The van der Waals surface area contributed by atoms with E-state index in [2.05, 4.69) is 5.32 Å². The number of esters is 1. The first-order valence-corrected chi connectivity index (χ1v) is 13.0. The van der Waals surface area contributed by atoms with Gasteiger partial charge in [0, 0.05) is 11.4 Å². The molecule has 1 aliphatic carbocycles. The van der Waals surface area contributed by atoms with Crippen molar-refractivity contribution in [1.82, 2.24) is 9.97 Å². The monoisotopic (exact) mass is 491 g/mol. The van der Waals surface area contributed by atoms with Crippen molar-refractivity contribution in [3.05, 3.63) is 45.1 Å². The molecular weight excluding hydrogens is 466 g/mol. The Morgan fingerprint density at radius 3 is 2.91 bits per heavy atom. The Morgan fingerprint density at radius 2 is 2.12 bits per heavy atom. The largest absolute Gasteiger partial charge is 0.495 e. The van der Waals surface area contributed by atoms with Gasteiger partial charge >= 0.3 is 5.97 Å². The second-order valence-corrected chi connectivity index (χ2v) is 9.98. The Balaban J connectivity index is 1.58. The molecule has 0 radical (unpaired) electrons. The summed E-state index contributed by atoms with van der Waals surface area (Å²) in [4.78, 5) is 23.8. The summed E-state index contributed by atoms with van der Waals surface area (Å²) in [5, 5.41) is 5.25. The van der Waals surface area contributed by atoms with E-state index in [-0.39, 0.29) is 5.97 Å². The van der Waals surface area contributed by atoms with Gasteiger partial charge in [-0.3, -0.25) is 4.79 Å². The zero-order chi connectivity index (χ0) is 22.5. The van der Waals surface area contributed by atoms with Gasteiger partial charge in [0.05, 0.1) is 35.6 Å². The van der Waals surface area contributed by atoms with Crippen LogP contribution in [-0.2, 0) is 34.7 Å². The highest BCUT2D eigenvalue weighted by Crippen LogP contribution is 2.39. The summed E-state index contributed by atoms with van der Waals surface area (Å²) in [6.45, 7) is 2.80. The number of carbonyl (C=O) groups is 1. The van der Waals surface area contributed by atoms with E-state index in [1.165, 1.54) is 35.0 Å². The van der Waals surface area contributed by atoms with E-state index in [1.807, 2.05) is 25.1 Å². The maximum atomic E-state index is 11.7. The molecule has 170 valence electrons. The molecule has 0 fully saturated rings. The predicted octanol–water partition coefficient (Wildman–Crippen LogP) is 5.64. The van der Waals surface area contributed by atoms with Crippen molar-refractivity contribution in [2.75, 3.05) is 24.8 Å². The molecule has 0 atom stereocenters. The van der Waals surface area contributed by atoms with Gasteiger partial charge in [0.25, 0.3) is 0 Å². The fourth-order valence-electron chi connectivity index (χ4n) is 3.83. The number of carbonyl (C=O) groups excluding carboxylic acids is 1. The SMILES string of the molecule is CCOC(=O)CSCc1nc(NCc2ccc(OC)c(Cl)c2)c2c3c(sc2n1)CCCC3. The lowest BCUT2D eigenvalue weighted by Gasteiger charge is -2.14. The number of methoxy groups -OCH3 is 1. The van der Waals surface area contributed by atoms with E-state index < -0.39 is 0 Å². The second kappa shape index (κ2) is 10.7. The Labute approximate surface area is 201 Å². The first kappa shape index (κ1) is 23.1. The van der Waals surface area contributed by atoms with E-state index in [4.69, 9.17) is 31.0 Å². The molecular formula is C23H26ClN3O3S2. The van der Waals surface area contributed by atoms with Crippen LogP contribution in [0.5, 0.6) is 5.75 Å². The minimum atomic E-state index is -0.208. The first-order valence-electron chi connectivity index (χ1n) is 10.7. The molecule has 0 spiro atoms. The van der Waals surface area contributed by atoms with Crippen molar-refractivity contribution < 1.29 is 14.3 Å². The van der Waals surface area contributed by atoms with Crippen LogP contribution in [0.15, 0.2) is 18.2 Å². The molecule has 1 aromatic carbocycles. The van der Waals surface area contributed by atoms with Crippen LogP contribution in [0.3, 0.4) is 0 Å². The van der Waals surface area contributed by atoms with Crippen molar-refractivity contribution >= 4 is 56.7 Å². The van der Waals surface area contributed by atoms with Crippen LogP contribution in [0, 0.1) is 0 Å². The number of thiophene rings is 1. The van der Waals surface area contributed by atoms with Crippen LogP contribution in [0.25, 0.3) is 10.2 Å². The lowest BCUT2D eigenvalue weighted by Crippen LogP contribution is -2.08. The topological polar surface area (TPSA) is 73.3 Å². The number of aryl methyl sites for hydroxylation is 2. The maximum absolute atomic E-state index is 11.7. The molecule has 0 saturated heterocycles. The van der Waals surface area contributed by atoms with Crippen LogP contribution in [0.4, 0.5) is 5.82 Å². The van der Waals surface area contributed by atoms with Crippen LogP contribution >= 0.6 is 34.7 Å². The van der Waals surface area contributed by atoms with E-state index in [0.29, 0.717) is 35.4 Å². The number of hydrogen-bond donors (Lipinski definition) is 1. The summed E-state index contributed by atoms with van der Waals surface area (Å²) >= 11 is 9.55. The highest BCUT2D eigenvalue weighted by molar-refractivity contribution is 7.99. The van der Waals surface area contributed by atoms with E-state index in [0.717, 1.165) is 40.3 Å². The van der Waals surface area contributed by atoms with Crippen molar-refractivity contribution in [3.8, 4) is 5.75 Å². The van der Waals surface area contributed by atoms with Crippen LogP contribution in [-0.4, -0.2) is 35.4 Å². The van der Waals surface area contributed by atoms with E-state index in [1.54, 1.807) is 18.4 Å². The third-order valence-electron chi connectivity index (χ3n) is 5.29.